The fourth-order valence-electron chi connectivity index (χ4n) is 0.129. The molecule has 9 heavy (non-hydrogen) atoms. The summed E-state index contributed by atoms with van der Waals surface area (Å²) >= 11 is 3.09. The van der Waals surface area contributed by atoms with Gasteiger partial charge in [0.05, 0.1) is 0 Å². The normalized spacial score (nSPS) is 10.6. The molecule has 1 atom stereocenters. The fourth-order valence-corrected chi connectivity index (χ4v) is 0.129. The van der Waals surface area contributed by atoms with Gasteiger partial charge in [0.1, 0.15) is 5.40 Å². The lowest BCUT2D eigenvalue weighted by molar-refractivity contribution is 0.234. The van der Waals surface area contributed by atoms with Crippen LogP contribution in [0.2, 0.25) is 0 Å². The molecule has 0 aromatic rings. The number of thiol groups is 1. The molecule has 0 aliphatic carbocycles. The summed E-state index contributed by atoms with van der Waals surface area (Å²) in [6.45, 7) is 4.43. The van der Waals surface area contributed by atoms with Gasteiger partial charge >= 0.3 is 0 Å². The van der Waals surface area contributed by atoms with Crippen molar-refractivity contribution < 1.29 is 5.11 Å². The van der Waals surface area contributed by atoms with E-state index < -0.39 is 0 Å². The molecule has 1 N–H and O–H groups in total. The van der Waals surface area contributed by atoms with Crippen molar-refractivity contribution in [2.75, 3.05) is 6.61 Å². The lowest BCUT2D eigenvalue weighted by Crippen LogP contribution is -1.96. The third kappa shape index (κ3) is 18.2. The molecular weight excluding hydrogens is 134 g/mol. The van der Waals surface area contributed by atoms with Crippen LogP contribution in [0.4, 0.5) is 0 Å². The number of thiocyanates is 1. The Morgan fingerprint density at radius 1 is 1.78 bits per heavy atom. The van der Waals surface area contributed by atoms with Crippen LogP contribution in [0.1, 0.15) is 20.3 Å². The van der Waals surface area contributed by atoms with Crippen molar-refractivity contribution in [1.29, 1.82) is 5.26 Å². The topological polar surface area (TPSA) is 44.0 Å². The van der Waals surface area contributed by atoms with Gasteiger partial charge < -0.3 is 5.11 Å². The largest absolute Gasteiger partial charge is 0.396 e. The molecule has 0 fully saturated rings. The quantitative estimate of drug-likeness (QED) is 0.458. The third-order valence-electron chi connectivity index (χ3n) is 1.01. The molecule has 0 aromatic carbocycles. The van der Waals surface area contributed by atoms with Crippen LogP contribution < -0.4 is 0 Å². The zero-order valence-corrected chi connectivity index (χ0v) is 6.73. The van der Waals surface area contributed by atoms with Crippen LogP contribution in [0.25, 0.3) is 0 Å². The molecule has 0 radical (unpaired) electrons. The number of aliphatic hydroxyl groups excluding tert-OH is 1. The highest BCUT2D eigenvalue weighted by atomic mass is 32.1. The summed E-state index contributed by atoms with van der Waals surface area (Å²) in [5, 5.41) is 17.0. The van der Waals surface area contributed by atoms with Crippen LogP contribution in [0.15, 0.2) is 0 Å². The van der Waals surface area contributed by atoms with E-state index in [0.29, 0.717) is 12.5 Å². The highest BCUT2D eigenvalue weighted by Crippen LogP contribution is 1.95. The first kappa shape index (κ1) is 11.6. The number of rotatable bonds is 2. The van der Waals surface area contributed by atoms with Gasteiger partial charge in [-0.3, -0.25) is 0 Å². The van der Waals surface area contributed by atoms with Crippen LogP contribution in [0, 0.1) is 16.6 Å². The summed E-state index contributed by atoms with van der Waals surface area (Å²) in [5.41, 5.74) is 0. The second-order valence-electron chi connectivity index (χ2n) is 1.80. The Hall–Kier alpha value is -0.200. The summed E-state index contributed by atoms with van der Waals surface area (Å²) in [6, 6.07) is 0. The minimum absolute atomic E-state index is 0.330. The minimum atomic E-state index is 0.330. The molecule has 54 valence electrons. The summed E-state index contributed by atoms with van der Waals surface area (Å²) in [7, 11) is 0. The van der Waals surface area contributed by atoms with E-state index in [9.17, 15) is 0 Å². The average Bonchev–Trinajstić information content (AvgIpc) is 1.88. The summed E-state index contributed by atoms with van der Waals surface area (Å²) in [5.74, 6) is 0.491. The van der Waals surface area contributed by atoms with E-state index in [2.05, 4.69) is 19.6 Å². The van der Waals surface area contributed by atoms with Crippen LogP contribution in [-0.4, -0.2) is 11.7 Å². The first-order valence-corrected chi connectivity index (χ1v) is 3.31. The monoisotopic (exact) mass is 147 g/mol. The first-order chi connectivity index (χ1) is 4.22. The number of hydrogen-bond acceptors (Lipinski definition) is 3. The van der Waals surface area contributed by atoms with Gasteiger partial charge in [0.2, 0.25) is 0 Å². The molecule has 0 bridgehead atoms. The van der Waals surface area contributed by atoms with Crippen LogP contribution in [0.3, 0.4) is 0 Å². The molecule has 0 aromatic heterocycles. The lowest BCUT2D eigenvalue weighted by Gasteiger charge is -1.98. The average molecular weight is 147 g/mol. The molecule has 0 heterocycles. The van der Waals surface area contributed by atoms with Crippen molar-refractivity contribution in [3.05, 3.63) is 0 Å². The zero-order chi connectivity index (χ0) is 7.70. The van der Waals surface area contributed by atoms with E-state index >= 15 is 0 Å². The Bertz CT molecular complexity index is 75.6. The van der Waals surface area contributed by atoms with E-state index in [4.69, 9.17) is 10.4 Å². The molecule has 0 amide bonds. The summed E-state index contributed by atoms with van der Waals surface area (Å²) < 4.78 is 0. The Morgan fingerprint density at radius 3 is 2.11 bits per heavy atom. The molecule has 0 spiro atoms. The van der Waals surface area contributed by atoms with Gasteiger partial charge in [0.15, 0.2) is 0 Å². The first-order valence-electron chi connectivity index (χ1n) is 2.86. The van der Waals surface area contributed by atoms with Gasteiger partial charge in [-0.1, -0.05) is 32.9 Å². The second kappa shape index (κ2) is 10.7. The smallest absolute Gasteiger partial charge is 0.130 e. The Balaban J connectivity index is 0. The molecule has 2 nitrogen and oxygen atoms in total. The molecule has 0 saturated carbocycles. The molecule has 1 unspecified atom stereocenters. The standard InChI is InChI=1S/C5H12O.CHNS/c1-3-5(2)4-6;2-1-3/h5-6H,3-4H2,1-2H3;3H. The third-order valence-corrected chi connectivity index (χ3v) is 1.01. The number of nitriles is 1. The second-order valence-corrected chi connectivity index (χ2v) is 2.00. The molecule has 0 aliphatic rings. The Kier molecular flexibility index (Phi) is 13.8. The fraction of sp³-hybridized carbons (Fsp3) is 0.833. The van der Waals surface area contributed by atoms with Crippen molar-refractivity contribution in [3.63, 3.8) is 0 Å². The van der Waals surface area contributed by atoms with Crippen molar-refractivity contribution in [2.45, 2.75) is 20.3 Å². The molecular formula is C6H13NOS. The van der Waals surface area contributed by atoms with E-state index in [0.717, 1.165) is 6.42 Å². The number of aliphatic hydroxyl groups is 1. The molecule has 0 aliphatic heterocycles. The van der Waals surface area contributed by atoms with Gasteiger partial charge in [-0.2, -0.15) is 5.26 Å². The van der Waals surface area contributed by atoms with Crippen LogP contribution >= 0.6 is 12.6 Å². The molecule has 0 rings (SSSR count). The predicted octanol–water partition coefficient (Wildman–Crippen LogP) is 1.42. The summed E-state index contributed by atoms with van der Waals surface area (Å²) in [4.78, 5) is 0. The van der Waals surface area contributed by atoms with E-state index in [1.165, 1.54) is 5.40 Å². The van der Waals surface area contributed by atoms with Crippen LogP contribution in [-0.2, 0) is 0 Å². The minimum Gasteiger partial charge on any atom is -0.396 e. The maximum atomic E-state index is 8.33. The Morgan fingerprint density at radius 2 is 2.11 bits per heavy atom. The van der Waals surface area contributed by atoms with E-state index in [-0.39, 0.29) is 0 Å². The SMILES string of the molecule is CCC(C)CO.N#CS. The van der Waals surface area contributed by atoms with Gasteiger partial charge in [-0.15, -0.1) is 0 Å². The van der Waals surface area contributed by atoms with Crippen molar-refractivity contribution >= 4 is 12.6 Å². The van der Waals surface area contributed by atoms with E-state index in [1.807, 2.05) is 6.92 Å². The lowest BCUT2D eigenvalue weighted by atomic mass is 10.1. The van der Waals surface area contributed by atoms with Crippen molar-refractivity contribution in [2.24, 2.45) is 5.92 Å². The van der Waals surface area contributed by atoms with Gasteiger partial charge in [0, 0.05) is 6.61 Å². The van der Waals surface area contributed by atoms with E-state index in [1.54, 1.807) is 0 Å². The highest BCUT2D eigenvalue weighted by molar-refractivity contribution is 7.85. The zero-order valence-electron chi connectivity index (χ0n) is 5.83. The molecule has 3 heteroatoms. The Labute approximate surface area is 61.9 Å². The number of nitrogens with zero attached hydrogens (tertiary/aromatic N) is 1. The van der Waals surface area contributed by atoms with Crippen LogP contribution in [0.5, 0.6) is 0 Å². The van der Waals surface area contributed by atoms with Gasteiger partial charge in [-0.05, 0) is 5.92 Å². The van der Waals surface area contributed by atoms with Crippen molar-refractivity contribution in [3.8, 4) is 5.40 Å². The summed E-state index contributed by atoms with van der Waals surface area (Å²) in [6.07, 6.45) is 1.08. The predicted molar refractivity (Wildman–Crippen MR) is 41.1 cm³/mol. The van der Waals surface area contributed by atoms with Crippen molar-refractivity contribution in [1.82, 2.24) is 0 Å². The maximum Gasteiger partial charge on any atom is 0.130 e. The molecule has 0 saturated heterocycles. The van der Waals surface area contributed by atoms with Gasteiger partial charge in [-0.25, -0.2) is 0 Å². The highest BCUT2D eigenvalue weighted by Gasteiger charge is 1.90. The van der Waals surface area contributed by atoms with Gasteiger partial charge in [0.25, 0.3) is 0 Å². The number of hydrogen-bond donors (Lipinski definition) is 2. The maximum absolute atomic E-state index is 8.33.